The summed E-state index contributed by atoms with van der Waals surface area (Å²) in [6.07, 6.45) is 8.47. The number of nitrogen functional groups attached to an aromatic ring is 1. The Morgan fingerprint density at radius 3 is 2.71 bits per heavy atom. The molecule has 2 rings (SSSR count). The molecule has 1 saturated carbocycles. The Morgan fingerprint density at radius 2 is 2.06 bits per heavy atom. The summed E-state index contributed by atoms with van der Waals surface area (Å²) in [5.41, 5.74) is 5.99. The standard InChI is InChI=1S/C12H19N5/c1-17(8-9-4-2-3-5-9)12-10(11(13)14)15-6-7-16-12/h6-7,9H,2-5,8H2,1H3,(H3,13,14). The molecule has 0 aromatic carbocycles. The van der Waals surface area contributed by atoms with E-state index in [-0.39, 0.29) is 5.84 Å². The number of amidine groups is 1. The van der Waals surface area contributed by atoms with Crippen LogP contribution in [0.5, 0.6) is 0 Å². The fraction of sp³-hybridized carbons (Fsp3) is 0.583. The van der Waals surface area contributed by atoms with Gasteiger partial charge in [-0.3, -0.25) is 5.41 Å². The highest BCUT2D eigenvalue weighted by atomic mass is 15.2. The minimum Gasteiger partial charge on any atom is -0.382 e. The van der Waals surface area contributed by atoms with Crippen LogP contribution in [0.15, 0.2) is 12.4 Å². The molecule has 5 nitrogen and oxygen atoms in total. The third-order valence-electron chi connectivity index (χ3n) is 3.30. The quantitative estimate of drug-likeness (QED) is 0.608. The first-order chi connectivity index (χ1) is 8.18. The van der Waals surface area contributed by atoms with Crippen LogP contribution < -0.4 is 10.6 Å². The molecule has 1 aromatic heterocycles. The van der Waals surface area contributed by atoms with Gasteiger partial charge in [-0.1, -0.05) is 12.8 Å². The lowest BCUT2D eigenvalue weighted by molar-refractivity contribution is 0.544. The molecule has 0 unspecified atom stereocenters. The van der Waals surface area contributed by atoms with E-state index in [1.165, 1.54) is 25.7 Å². The van der Waals surface area contributed by atoms with E-state index >= 15 is 0 Å². The van der Waals surface area contributed by atoms with Gasteiger partial charge in [-0.2, -0.15) is 0 Å². The van der Waals surface area contributed by atoms with E-state index in [1.807, 2.05) is 7.05 Å². The molecule has 1 aromatic rings. The van der Waals surface area contributed by atoms with Crippen molar-refractivity contribution in [2.45, 2.75) is 25.7 Å². The van der Waals surface area contributed by atoms with Crippen molar-refractivity contribution in [1.29, 1.82) is 5.41 Å². The number of aromatic nitrogens is 2. The Balaban J connectivity index is 2.12. The number of rotatable bonds is 4. The molecular formula is C12H19N5. The number of hydrogen-bond acceptors (Lipinski definition) is 4. The molecule has 1 fully saturated rings. The summed E-state index contributed by atoms with van der Waals surface area (Å²) in [5, 5.41) is 7.50. The molecule has 0 amide bonds. The monoisotopic (exact) mass is 233 g/mol. The molecule has 0 bridgehead atoms. The Hall–Kier alpha value is -1.65. The van der Waals surface area contributed by atoms with Crippen LogP contribution in [0.25, 0.3) is 0 Å². The van der Waals surface area contributed by atoms with Crippen molar-refractivity contribution in [3.8, 4) is 0 Å². The number of nitrogens with zero attached hydrogens (tertiary/aromatic N) is 3. The highest BCUT2D eigenvalue weighted by molar-refractivity contribution is 5.97. The molecule has 0 spiro atoms. The van der Waals surface area contributed by atoms with E-state index in [1.54, 1.807) is 12.4 Å². The second-order valence-corrected chi connectivity index (χ2v) is 4.67. The lowest BCUT2D eigenvalue weighted by Gasteiger charge is -2.23. The third-order valence-corrected chi connectivity index (χ3v) is 3.30. The fourth-order valence-electron chi connectivity index (χ4n) is 2.47. The molecule has 92 valence electrons. The van der Waals surface area contributed by atoms with Gasteiger partial charge < -0.3 is 10.6 Å². The second-order valence-electron chi connectivity index (χ2n) is 4.67. The molecule has 0 saturated heterocycles. The van der Waals surface area contributed by atoms with Crippen molar-refractivity contribution in [3.63, 3.8) is 0 Å². The maximum Gasteiger partial charge on any atom is 0.158 e. The van der Waals surface area contributed by atoms with Crippen molar-refractivity contribution in [1.82, 2.24) is 9.97 Å². The normalized spacial score (nSPS) is 16.1. The number of nitrogens with two attached hydrogens (primary N) is 1. The zero-order valence-electron chi connectivity index (χ0n) is 10.2. The topological polar surface area (TPSA) is 78.9 Å². The highest BCUT2D eigenvalue weighted by Gasteiger charge is 2.19. The second kappa shape index (κ2) is 5.12. The fourth-order valence-corrected chi connectivity index (χ4v) is 2.47. The van der Waals surface area contributed by atoms with E-state index in [0.29, 0.717) is 11.5 Å². The summed E-state index contributed by atoms with van der Waals surface area (Å²) in [6.45, 7) is 0.971. The van der Waals surface area contributed by atoms with Crippen molar-refractivity contribution in [2.75, 3.05) is 18.5 Å². The van der Waals surface area contributed by atoms with E-state index in [2.05, 4.69) is 14.9 Å². The maximum absolute atomic E-state index is 7.50. The van der Waals surface area contributed by atoms with Crippen molar-refractivity contribution < 1.29 is 0 Å². The first-order valence-electron chi connectivity index (χ1n) is 6.05. The van der Waals surface area contributed by atoms with Gasteiger partial charge in [0.05, 0.1) is 0 Å². The van der Waals surface area contributed by atoms with Gasteiger partial charge in [-0.25, -0.2) is 9.97 Å². The summed E-state index contributed by atoms with van der Waals surface area (Å²) in [6, 6.07) is 0. The average molecular weight is 233 g/mol. The van der Waals surface area contributed by atoms with Crippen LogP contribution in [-0.4, -0.2) is 29.4 Å². The molecule has 3 N–H and O–H groups in total. The summed E-state index contributed by atoms with van der Waals surface area (Å²) in [4.78, 5) is 10.5. The number of nitrogens with one attached hydrogen (secondary N) is 1. The van der Waals surface area contributed by atoms with Crippen LogP contribution in [-0.2, 0) is 0 Å². The average Bonchev–Trinajstić information content (AvgIpc) is 2.81. The van der Waals surface area contributed by atoms with Gasteiger partial charge >= 0.3 is 0 Å². The molecule has 1 heterocycles. The minimum atomic E-state index is -0.0219. The Kier molecular flexibility index (Phi) is 3.56. The van der Waals surface area contributed by atoms with Crippen LogP contribution >= 0.6 is 0 Å². The third kappa shape index (κ3) is 2.72. The Morgan fingerprint density at radius 1 is 1.41 bits per heavy atom. The lowest BCUT2D eigenvalue weighted by atomic mass is 10.1. The van der Waals surface area contributed by atoms with Gasteiger partial charge in [0.15, 0.2) is 5.82 Å². The van der Waals surface area contributed by atoms with E-state index in [4.69, 9.17) is 11.1 Å². The summed E-state index contributed by atoms with van der Waals surface area (Å²) < 4.78 is 0. The molecule has 0 aliphatic heterocycles. The molecule has 1 aliphatic carbocycles. The van der Waals surface area contributed by atoms with Crippen LogP contribution in [0.1, 0.15) is 31.4 Å². The van der Waals surface area contributed by atoms with E-state index in [9.17, 15) is 0 Å². The zero-order chi connectivity index (χ0) is 12.3. The summed E-state index contributed by atoms with van der Waals surface area (Å²) >= 11 is 0. The van der Waals surface area contributed by atoms with Gasteiger partial charge in [-0.05, 0) is 18.8 Å². The highest BCUT2D eigenvalue weighted by Crippen LogP contribution is 2.26. The van der Waals surface area contributed by atoms with Gasteiger partial charge in [0.25, 0.3) is 0 Å². The smallest absolute Gasteiger partial charge is 0.158 e. The molecule has 1 aliphatic rings. The number of anilines is 1. The molecule has 17 heavy (non-hydrogen) atoms. The Bertz CT molecular complexity index is 398. The molecular weight excluding hydrogens is 214 g/mol. The zero-order valence-corrected chi connectivity index (χ0v) is 10.2. The molecule has 5 heteroatoms. The van der Waals surface area contributed by atoms with Crippen molar-refractivity contribution in [3.05, 3.63) is 18.1 Å². The van der Waals surface area contributed by atoms with Gasteiger partial charge in [0.2, 0.25) is 0 Å². The first-order valence-corrected chi connectivity index (χ1v) is 6.05. The SMILES string of the molecule is CN(CC1CCCC1)c1nccnc1C(=N)N. The van der Waals surface area contributed by atoms with Gasteiger partial charge in [0, 0.05) is 26.0 Å². The Labute approximate surface area is 102 Å². The maximum atomic E-state index is 7.50. The summed E-state index contributed by atoms with van der Waals surface area (Å²) in [7, 11) is 1.99. The molecule has 0 atom stereocenters. The van der Waals surface area contributed by atoms with Crippen molar-refractivity contribution >= 4 is 11.7 Å². The van der Waals surface area contributed by atoms with Crippen LogP contribution in [0.2, 0.25) is 0 Å². The van der Waals surface area contributed by atoms with Crippen LogP contribution in [0.3, 0.4) is 0 Å². The predicted octanol–water partition coefficient (Wildman–Crippen LogP) is 1.39. The van der Waals surface area contributed by atoms with Gasteiger partial charge in [-0.15, -0.1) is 0 Å². The largest absolute Gasteiger partial charge is 0.382 e. The lowest BCUT2D eigenvalue weighted by Crippen LogP contribution is -2.28. The van der Waals surface area contributed by atoms with Crippen molar-refractivity contribution in [2.24, 2.45) is 11.7 Å². The number of hydrogen-bond donors (Lipinski definition) is 2. The van der Waals surface area contributed by atoms with E-state index < -0.39 is 0 Å². The predicted molar refractivity (Wildman–Crippen MR) is 68.3 cm³/mol. The van der Waals surface area contributed by atoms with Gasteiger partial charge in [0.1, 0.15) is 11.5 Å². The van der Waals surface area contributed by atoms with E-state index in [0.717, 1.165) is 12.5 Å². The summed E-state index contributed by atoms with van der Waals surface area (Å²) in [5.74, 6) is 1.43. The minimum absolute atomic E-state index is 0.0219. The van der Waals surface area contributed by atoms with Crippen LogP contribution in [0, 0.1) is 11.3 Å². The first kappa shape index (κ1) is 11.8. The molecule has 0 radical (unpaired) electrons. The van der Waals surface area contributed by atoms with Crippen LogP contribution in [0.4, 0.5) is 5.82 Å².